The molecule has 0 amide bonds. The summed E-state index contributed by atoms with van der Waals surface area (Å²) in [6, 6.07) is 10.9. The number of rotatable bonds is 5. The normalized spacial score (nSPS) is 11.3. The van der Waals surface area contributed by atoms with E-state index in [1.165, 1.54) is 30.6 Å². The van der Waals surface area contributed by atoms with Crippen LogP contribution < -0.4 is 5.73 Å². The number of H-pyrrole nitrogens is 1. The van der Waals surface area contributed by atoms with Crippen LogP contribution >= 0.6 is 33.9 Å². The van der Waals surface area contributed by atoms with Crippen LogP contribution in [0, 0.1) is 3.57 Å². The van der Waals surface area contributed by atoms with Crippen molar-refractivity contribution in [3.05, 3.63) is 44.8 Å². The molecule has 0 unspecified atom stereocenters. The lowest BCUT2D eigenvalue weighted by atomic mass is 10.0. The average Bonchev–Trinajstić information content (AvgIpc) is 3.07. The van der Waals surface area contributed by atoms with Crippen molar-refractivity contribution in [3.63, 3.8) is 0 Å². The van der Waals surface area contributed by atoms with E-state index in [-0.39, 0.29) is 0 Å². The Morgan fingerprint density at radius 1 is 1.20 bits per heavy atom. The van der Waals surface area contributed by atoms with Gasteiger partial charge in [0, 0.05) is 14.5 Å². The van der Waals surface area contributed by atoms with Gasteiger partial charge in [-0.25, -0.2) is 0 Å². The van der Waals surface area contributed by atoms with Crippen molar-refractivity contribution >= 4 is 44.8 Å². The molecule has 3 rings (SSSR count). The molecule has 3 N–H and O–H groups in total. The summed E-state index contributed by atoms with van der Waals surface area (Å²) in [5, 5.41) is 3.49. The monoisotopic (exact) mass is 396 g/mol. The molecule has 0 aliphatic heterocycles. The number of hydrogen-bond donors (Lipinski definition) is 2. The number of nitrogens with one attached hydrogen (secondary N) is 1. The molecule has 2 aromatic heterocycles. The zero-order valence-electron chi connectivity index (χ0n) is 11.2. The van der Waals surface area contributed by atoms with E-state index >= 15 is 0 Å². The lowest BCUT2D eigenvalue weighted by Crippen LogP contribution is -1.99. The molecule has 0 atom stereocenters. The van der Waals surface area contributed by atoms with Crippen LogP contribution in [0.4, 0.5) is 0 Å². The van der Waals surface area contributed by atoms with E-state index in [9.17, 15) is 0 Å². The van der Waals surface area contributed by atoms with Gasteiger partial charge in [-0.3, -0.25) is 0 Å². The highest BCUT2D eigenvalue weighted by molar-refractivity contribution is 14.1. The van der Waals surface area contributed by atoms with Crippen LogP contribution in [0.25, 0.3) is 21.5 Å². The van der Waals surface area contributed by atoms with Crippen molar-refractivity contribution < 1.29 is 0 Å². The fourth-order valence-electron chi connectivity index (χ4n) is 2.56. The number of hydrogen-bond acceptors (Lipinski definition) is 2. The maximum absolute atomic E-state index is 5.63. The topological polar surface area (TPSA) is 41.8 Å². The van der Waals surface area contributed by atoms with E-state index in [1.54, 1.807) is 11.3 Å². The van der Waals surface area contributed by atoms with Gasteiger partial charge in [0.05, 0.1) is 10.6 Å². The average molecular weight is 396 g/mol. The first-order valence-electron chi connectivity index (χ1n) is 6.83. The van der Waals surface area contributed by atoms with Gasteiger partial charge in [-0.1, -0.05) is 6.07 Å². The van der Waals surface area contributed by atoms with Crippen LogP contribution in [0.1, 0.15) is 18.4 Å². The number of halogens is 1. The highest BCUT2D eigenvalue weighted by atomic mass is 127. The second kappa shape index (κ2) is 6.28. The van der Waals surface area contributed by atoms with Crippen LogP contribution in [0.5, 0.6) is 0 Å². The maximum atomic E-state index is 5.63. The third-order valence-corrected chi connectivity index (χ3v) is 5.08. The fraction of sp³-hybridized carbons (Fsp3) is 0.250. The molecular formula is C16H17IN2S. The van der Waals surface area contributed by atoms with Crippen molar-refractivity contribution in [1.82, 2.24) is 4.98 Å². The Hall–Kier alpha value is -0.850. The Morgan fingerprint density at radius 3 is 2.85 bits per heavy atom. The predicted molar refractivity (Wildman–Crippen MR) is 96.3 cm³/mol. The molecule has 0 bridgehead atoms. The van der Waals surface area contributed by atoms with Gasteiger partial charge in [0.2, 0.25) is 0 Å². The molecule has 0 saturated heterocycles. The Labute approximate surface area is 136 Å². The first-order valence-corrected chi connectivity index (χ1v) is 8.79. The van der Waals surface area contributed by atoms with E-state index in [2.05, 4.69) is 63.3 Å². The minimum Gasteiger partial charge on any atom is -0.354 e. The summed E-state index contributed by atoms with van der Waals surface area (Å²) in [6.07, 6.45) is 3.32. The molecule has 0 aliphatic rings. The third kappa shape index (κ3) is 2.77. The lowest BCUT2D eigenvalue weighted by Gasteiger charge is -2.03. The Morgan fingerprint density at radius 2 is 2.10 bits per heavy atom. The first kappa shape index (κ1) is 14.1. The van der Waals surface area contributed by atoms with Crippen molar-refractivity contribution in [1.29, 1.82) is 0 Å². The van der Waals surface area contributed by atoms with Gasteiger partial charge in [0.15, 0.2) is 0 Å². The Bertz CT molecular complexity index is 701. The number of unbranched alkanes of at least 4 members (excludes halogenated alkanes) is 1. The van der Waals surface area contributed by atoms with Gasteiger partial charge in [0.25, 0.3) is 0 Å². The quantitative estimate of drug-likeness (QED) is 0.473. The summed E-state index contributed by atoms with van der Waals surface area (Å²) in [7, 11) is 0. The number of thiophene rings is 1. The number of nitrogens with two attached hydrogens (primary N) is 1. The summed E-state index contributed by atoms with van der Waals surface area (Å²) in [4.78, 5) is 4.92. The highest BCUT2D eigenvalue weighted by Gasteiger charge is 2.13. The van der Waals surface area contributed by atoms with Crippen molar-refractivity contribution in [3.8, 4) is 10.6 Å². The minimum absolute atomic E-state index is 0.772. The second-order valence-corrected chi connectivity index (χ2v) is 7.08. The third-order valence-electron chi connectivity index (χ3n) is 3.52. The molecule has 0 spiro atoms. The van der Waals surface area contributed by atoms with E-state index in [4.69, 9.17) is 5.73 Å². The minimum atomic E-state index is 0.772. The standard InChI is InChI=1S/C16H17IN2S/c17-11-6-7-14-13(10-11)12(4-1-2-8-18)16(19-14)15-5-3-9-20-15/h3,5-7,9-10,19H,1-2,4,8,18H2. The van der Waals surface area contributed by atoms with Gasteiger partial charge in [-0.05, 0) is 83.6 Å². The smallest absolute Gasteiger partial charge is 0.0598 e. The van der Waals surface area contributed by atoms with Crippen LogP contribution in [0.2, 0.25) is 0 Å². The van der Waals surface area contributed by atoms with Crippen LogP contribution in [-0.2, 0) is 6.42 Å². The fourth-order valence-corrected chi connectivity index (χ4v) is 3.80. The van der Waals surface area contributed by atoms with Crippen LogP contribution in [-0.4, -0.2) is 11.5 Å². The summed E-state index contributed by atoms with van der Waals surface area (Å²) in [5.74, 6) is 0. The largest absolute Gasteiger partial charge is 0.354 e. The first-order chi connectivity index (χ1) is 9.79. The molecule has 104 valence electrons. The van der Waals surface area contributed by atoms with E-state index < -0.39 is 0 Å². The van der Waals surface area contributed by atoms with Crippen LogP contribution in [0.15, 0.2) is 35.7 Å². The number of aromatic amines is 1. The number of aryl methyl sites for hydroxylation is 1. The predicted octanol–water partition coefficient (Wildman–Crippen LogP) is 4.78. The molecule has 20 heavy (non-hydrogen) atoms. The zero-order chi connectivity index (χ0) is 13.9. The Balaban J connectivity index is 2.10. The van der Waals surface area contributed by atoms with Gasteiger partial charge in [0.1, 0.15) is 0 Å². The van der Waals surface area contributed by atoms with Crippen LogP contribution in [0.3, 0.4) is 0 Å². The lowest BCUT2D eigenvalue weighted by molar-refractivity contribution is 0.748. The highest BCUT2D eigenvalue weighted by Crippen LogP contribution is 2.34. The molecule has 0 radical (unpaired) electrons. The van der Waals surface area contributed by atoms with Gasteiger partial charge >= 0.3 is 0 Å². The summed E-state index contributed by atoms with van der Waals surface area (Å²) in [6.45, 7) is 0.772. The van der Waals surface area contributed by atoms with Crippen molar-refractivity contribution in [2.45, 2.75) is 19.3 Å². The molecule has 0 saturated carbocycles. The summed E-state index contributed by atoms with van der Waals surface area (Å²) >= 11 is 4.17. The molecular weight excluding hydrogens is 379 g/mol. The van der Waals surface area contributed by atoms with E-state index in [0.29, 0.717) is 0 Å². The molecule has 4 heteroatoms. The second-order valence-electron chi connectivity index (χ2n) is 4.89. The molecule has 0 aliphatic carbocycles. The molecule has 0 fully saturated rings. The van der Waals surface area contributed by atoms with Crippen molar-refractivity contribution in [2.75, 3.05) is 6.54 Å². The summed E-state index contributed by atoms with van der Waals surface area (Å²) < 4.78 is 1.28. The van der Waals surface area contributed by atoms with Crippen molar-refractivity contribution in [2.24, 2.45) is 5.73 Å². The van der Waals surface area contributed by atoms with E-state index in [1.807, 2.05) is 0 Å². The zero-order valence-corrected chi connectivity index (χ0v) is 14.1. The SMILES string of the molecule is NCCCCc1c(-c2cccs2)[nH]c2ccc(I)cc12. The molecule has 2 nitrogen and oxygen atoms in total. The summed E-state index contributed by atoms with van der Waals surface area (Å²) in [5.41, 5.74) is 9.59. The number of fused-ring (bicyclic) bond motifs is 1. The molecule has 3 aromatic rings. The van der Waals surface area contributed by atoms with Gasteiger partial charge in [-0.15, -0.1) is 11.3 Å². The van der Waals surface area contributed by atoms with Gasteiger partial charge < -0.3 is 10.7 Å². The van der Waals surface area contributed by atoms with Gasteiger partial charge in [-0.2, -0.15) is 0 Å². The number of benzene rings is 1. The number of aromatic nitrogens is 1. The maximum Gasteiger partial charge on any atom is 0.0598 e. The van der Waals surface area contributed by atoms with E-state index in [0.717, 1.165) is 25.8 Å². The Kier molecular flexibility index (Phi) is 4.43. The molecule has 2 heterocycles. The molecule has 1 aromatic carbocycles.